The van der Waals surface area contributed by atoms with Gasteiger partial charge in [0, 0.05) is 39.2 Å². The van der Waals surface area contributed by atoms with Crippen molar-refractivity contribution in [2.45, 2.75) is 289 Å². The molecule has 0 saturated heterocycles. The minimum Gasteiger partial charge on any atom is -0.497 e. The first-order chi connectivity index (χ1) is 53.6. The van der Waals surface area contributed by atoms with Gasteiger partial charge < -0.3 is 14.4 Å². The molecule has 626 valence electrons. The molecule has 1 amide bonds. The standard InChI is InChI=1S/C16H25NO2.C13H22.C11H12.C10H14O.2C9H10Cl2.2C9H11Cl.C9H18.C9H12/c1-12(2)14-9-7-13(8-10-14)11-17(6)15(18)19-16(3,4)5;1-9(2)13-6-10-3-4-11(7-13)12(5-10)8-13;1-4-10-5-7-11(8-6-10)9(2)3;1-8(2)9-4-6-10(11-3)7-5-9;1-6(2)8-4-3-7(10)5-9(8)11;1-6(2)7-3-4-8(10)9(11)5-7;1-7(2)8-3-5-9(10)6-4-8;1-7(2)8-4-3-5-9(10)6-8;2*1-8(2)9-6-4-3-5-7-9/h7-10,12H,11H2,1-6H3;9-12H,3-8H2,1-2H3;1,5-9H,2-3H3;4-8H,1-3H3;2*3-6H,1-2H3;2*3-7H,1-2H3;8-9H,3-7H2,1-2H3;3-8H,1-2H3. The van der Waals surface area contributed by atoms with Crippen molar-refractivity contribution in [3.05, 3.63) is 274 Å². The predicted octanol–water partition coefficient (Wildman–Crippen LogP) is 34.8. The average molecular weight is 1670 g/mol. The van der Waals surface area contributed by atoms with Crippen molar-refractivity contribution in [1.82, 2.24) is 4.90 Å². The summed E-state index contributed by atoms with van der Waals surface area (Å²) in [5.41, 5.74) is 12.8. The molecule has 4 atom stereocenters. The third kappa shape index (κ3) is 39.1. The van der Waals surface area contributed by atoms with E-state index in [0.29, 0.717) is 69.0 Å². The van der Waals surface area contributed by atoms with Gasteiger partial charge in [-0.05, 0) is 264 Å². The van der Waals surface area contributed by atoms with E-state index in [1.165, 1.54) is 71.0 Å². The molecule has 4 unspecified atom stereocenters. The number of carbonyl (C=O) groups excluding carboxylic acids is 1. The van der Waals surface area contributed by atoms with Crippen molar-refractivity contribution in [3.63, 3.8) is 0 Å². The number of carbonyl (C=O) groups is 1. The first-order valence-corrected chi connectivity index (χ1v) is 44.5. The first kappa shape index (κ1) is 102. The predicted molar refractivity (Wildman–Crippen MR) is 503 cm³/mol. The van der Waals surface area contributed by atoms with Crippen LogP contribution in [0.5, 0.6) is 5.75 Å². The fraction of sp³-hybridized carbons (Fsp3) is 0.510. The van der Waals surface area contributed by atoms with Crippen molar-refractivity contribution in [3.8, 4) is 18.1 Å². The van der Waals surface area contributed by atoms with Crippen LogP contribution in [0.25, 0.3) is 0 Å². The van der Waals surface area contributed by atoms with Gasteiger partial charge in [-0.3, -0.25) is 0 Å². The van der Waals surface area contributed by atoms with Gasteiger partial charge >= 0.3 is 6.09 Å². The normalized spacial score (nSPS) is 16.4. The zero-order valence-electron chi connectivity index (χ0n) is 74.5. The van der Waals surface area contributed by atoms with Crippen LogP contribution < -0.4 is 4.74 Å². The van der Waals surface area contributed by atoms with Crippen molar-refractivity contribution in [2.75, 3.05) is 14.2 Å². The fourth-order valence-corrected chi connectivity index (χ4v) is 15.8. The SMILES string of the molecule is C#Cc1ccc(C(C)C)cc1.CC(C)C12CC3CCC(C1)C(C3)C2.CC(C)C1CCCCC1.CC(C)c1ccc(CN(C)C(=O)OC(C)(C)C)cc1.CC(C)c1ccc(Cl)c(Cl)c1.CC(C)c1ccc(Cl)cc1.CC(C)c1ccc(Cl)cc1Cl.CC(C)c1cccc(Cl)c1.CC(C)c1ccccc1.COc1ccc(C(C)C)cc1. The molecule has 0 spiro atoms. The third-order valence-electron chi connectivity index (χ3n) is 22.1. The summed E-state index contributed by atoms with van der Waals surface area (Å²) in [5.74, 6) is 14.4. The number of amides is 1. The molecule has 0 heterocycles. The Kier molecular flexibility index (Phi) is 47.4. The van der Waals surface area contributed by atoms with E-state index >= 15 is 0 Å². The van der Waals surface area contributed by atoms with E-state index in [-0.39, 0.29) is 6.09 Å². The smallest absolute Gasteiger partial charge is 0.410 e. The van der Waals surface area contributed by atoms with Crippen LogP contribution in [-0.4, -0.2) is 30.8 Å². The molecule has 0 aliphatic heterocycles. The number of ether oxygens (including phenoxy) is 2. The third-order valence-corrected chi connectivity index (χ3v) is 23.9. The molecule has 0 radical (unpaired) electrons. The Balaban J connectivity index is 0.000000330. The molecular weight excluding hydrogens is 1520 g/mol. The summed E-state index contributed by atoms with van der Waals surface area (Å²) in [5, 5.41) is 4.34. The van der Waals surface area contributed by atoms with E-state index in [9.17, 15) is 4.79 Å². The van der Waals surface area contributed by atoms with Crippen LogP contribution in [0.1, 0.15) is 333 Å². The average Bonchev–Trinajstić information content (AvgIpc) is 1.60. The summed E-state index contributed by atoms with van der Waals surface area (Å²) in [7, 11) is 3.44. The van der Waals surface area contributed by atoms with Gasteiger partial charge in [-0.25, -0.2) is 4.79 Å². The molecule has 4 aliphatic carbocycles. The van der Waals surface area contributed by atoms with Gasteiger partial charge in [-0.1, -0.05) is 368 Å². The zero-order valence-corrected chi connectivity index (χ0v) is 79.0. The Hall–Kier alpha value is -5.87. The Morgan fingerprint density at radius 1 is 0.447 bits per heavy atom. The van der Waals surface area contributed by atoms with Crippen LogP contribution in [0.15, 0.2) is 188 Å². The Bertz CT molecular complexity index is 3970. The molecule has 4 nitrogen and oxygen atoms in total. The summed E-state index contributed by atoms with van der Waals surface area (Å²) < 4.78 is 10.4. The monoisotopic (exact) mass is 1670 g/mol. The van der Waals surface area contributed by atoms with Crippen molar-refractivity contribution >= 4 is 75.7 Å². The number of rotatable bonds is 13. The Morgan fingerprint density at radius 2 is 0.886 bits per heavy atom. The summed E-state index contributed by atoms with van der Waals surface area (Å²) in [4.78, 5) is 13.4. The number of benzene rings is 8. The second-order valence-corrected chi connectivity index (χ2v) is 38.2. The van der Waals surface area contributed by atoms with Crippen LogP contribution in [0, 0.1) is 53.3 Å². The summed E-state index contributed by atoms with van der Waals surface area (Å²) >= 11 is 34.8. The van der Waals surface area contributed by atoms with Crippen molar-refractivity contribution < 1.29 is 14.3 Å². The van der Waals surface area contributed by atoms with E-state index in [1.807, 2.05) is 112 Å². The van der Waals surface area contributed by atoms with Crippen LogP contribution in [0.4, 0.5) is 4.79 Å². The maximum absolute atomic E-state index is 11.8. The van der Waals surface area contributed by atoms with Crippen LogP contribution in [0.2, 0.25) is 30.1 Å². The van der Waals surface area contributed by atoms with Crippen LogP contribution in [0.3, 0.4) is 0 Å². The highest BCUT2D eigenvalue weighted by Gasteiger charge is 2.53. The zero-order chi connectivity index (χ0) is 85.6. The van der Waals surface area contributed by atoms with E-state index in [2.05, 4.69) is 235 Å². The van der Waals surface area contributed by atoms with Crippen molar-refractivity contribution in [2.24, 2.45) is 40.9 Å². The lowest BCUT2D eigenvalue weighted by Crippen LogP contribution is -2.33. The largest absolute Gasteiger partial charge is 0.497 e. The van der Waals surface area contributed by atoms with Gasteiger partial charge in [0.15, 0.2) is 0 Å². The second kappa shape index (κ2) is 52.8. The number of nitrogens with zero attached hydrogens (tertiary/aromatic N) is 1. The topological polar surface area (TPSA) is 38.8 Å². The molecule has 8 aromatic rings. The number of methoxy groups -OCH3 is 1. The first-order valence-electron chi connectivity index (χ1n) is 42.3. The minimum atomic E-state index is -0.452. The summed E-state index contributed by atoms with van der Waals surface area (Å²) in [6.07, 6.45) is 21.9. The highest BCUT2D eigenvalue weighted by molar-refractivity contribution is 6.42. The number of hydrogen-bond acceptors (Lipinski definition) is 3. The molecule has 3 bridgehead atoms. The number of terminal acetylenes is 1. The fourth-order valence-electron chi connectivity index (χ4n) is 14.5. The second-order valence-electron chi connectivity index (χ2n) is 35.7. The molecule has 4 saturated carbocycles. The summed E-state index contributed by atoms with van der Waals surface area (Å²) in [6.45, 7) is 50.4. The molecule has 4 fully saturated rings. The van der Waals surface area contributed by atoms with Crippen molar-refractivity contribution in [1.29, 1.82) is 0 Å². The number of halogens is 6. The maximum Gasteiger partial charge on any atom is 0.410 e. The molecular formula is C104H145Cl6NO3. The molecule has 8 aromatic carbocycles. The molecule has 0 N–H and O–H groups in total. The lowest BCUT2D eigenvalue weighted by Gasteiger charge is -2.42. The van der Waals surface area contributed by atoms with E-state index in [0.717, 1.165) is 78.4 Å². The quantitative estimate of drug-likeness (QED) is 0.108. The molecule has 114 heavy (non-hydrogen) atoms. The summed E-state index contributed by atoms with van der Waals surface area (Å²) in [6, 6.07) is 62.5. The van der Waals surface area contributed by atoms with Gasteiger partial charge in [0.05, 0.1) is 17.2 Å². The lowest BCUT2D eigenvalue weighted by atomic mass is 9.63. The highest BCUT2D eigenvalue weighted by atomic mass is 35.5. The van der Waals surface area contributed by atoms with E-state index in [1.54, 1.807) is 63.6 Å². The van der Waals surface area contributed by atoms with Gasteiger partial charge in [-0.2, -0.15) is 0 Å². The molecule has 12 rings (SSSR count). The number of hydrogen-bond donors (Lipinski definition) is 0. The molecule has 4 aliphatic rings. The van der Waals surface area contributed by atoms with Gasteiger partial charge in [0.2, 0.25) is 0 Å². The Morgan fingerprint density at radius 3 is 1.30 bits per heavy atom. The highest BCUT2D eigenvalue weighted by Crippen LogP contribution is 2.64. The van der Waals surface area contributed by atoms with Gasteiger partial charge in [-0.15, -0.1) is 6.42 Å². The Labute approximate surface area is 725 Å². The molecule has 0 aromatic heterocycles. The van der Waals surface area contributed by atoms with Gasteiger partial charge in [0.1, 0.15) is 11.4 Å². The minimum absolute atomic E-state index is 0.291. The number of fused-ring (bicyclic) bond motifs is 2. The van der Waals surface area contributed by atoms with E-state index in [4.69, 9.17) is 85.5 Å². The lowest BCUT2D eigenvalue weighted by molar-refractivity contribution is 0.0285. The van der Waals surface area contributed by atoms with E-state index < -0.39 is 5.60 Å². The van der Waals surface area contributed by atoms with Crippen LogP contribution >= 0.6 is 69.6 Å². The van der Waals surface area contributed by atoms with Crippen LogP contribution in [-0.2, 0) is 11.3 Å². The maximum atomic E-state index is 11.8. The molecule has 10 heteroatoms. The van der Waals surface area contributed by atoms with Gasteiger partial charge in [0.25, 0.3) is 0 Å².